The predicted octanol–water partition coefficient (Wildman–Crippen LogP) is 2.74. The van der Waals surface area contributed by atoms with E-state index in [1.165, 1.54) is 46.2 Å². The van der Waals surface area contributed by atoms with Crippen molar-refractivity contribution in [1.82, 2.24) is 9.80 Å². The average Bonchev–Trinajstić information content (AvgIpc) is 2.76. The summed E-state index contributed by atoms with van der Waals surface area (Å²) in [7, 11) is -5.02. The molecule has 1 heterocycles. The molecule has 0 aromatic rings. The van der Waals surface area contributed by atoms with E-state index in [-0.39, 0.29) is 0 Å². The first-order valence-corrected chi connectivity index (χ1v) is 13.6. The van der Waals surface area contributed by atoms with E-state index in [0.717, 1.165) is 13.8 Å². The molecular weight excluding hydrogens is 486 g/mol. The van der Waals surface area contributed by atoms with Crippen molar-refractivity contribution in [2.24, 2.45) is 0 Å². The van der Waals surface area contributed by atoms with Crippen LogP contribution in [0, 0.1) is 0 Å². The quantitative estimate of drug-likeness (QED) is 0.318. The van der Waals surface area contributed by atoms with E-state index in [1.54, 1.807) is 0 Å². The van der Waals surface area contributed by atoms with Crippen molar-refractivity contribution in [2.75, 3.05) is 39.3 Å². The van der Waals surface area contributed by atoms with Gasteiger partial charge in [-0.25, -0.2) is 8.96 Å². The SMILES string of the molecule is CC(=O)O[C@H]1[C@H](F)[C@@H](OP(=O)(O)O)O[C@@H](C)[C@H]1OC(C)=O.CCN(CC)CC.CCN(CC)CC. The van der Waals surface area contributed by atoms with Gasteiger partial charge in [0.25, 0.3) is 0 Å². The monoisotopic (exact) mass is 532 g/mol. The number of rotatable bonds is 10. The summed E-state index contributed by atoms with van der Waals surface area (Å²) in [6.07, 6.45) is -8.09. The van der Waals surface area contributed by atoms with Gasteiger partial charge in [-0.1, -0.05) is 41.5 Å². The highest BCUT2D eigenvalue weighted by atomic mass is 31.2. The number of carbonyl (C=O) groups excluding carboxylic acids is 2. The Morgan fingerprint density at radius 3 is 1.43 bits per heavy atom. The number of alkyl halides is 1. The lowest BCUT2D eigenvalue weighted by Gasteiger charge is -2.40. The number of phosphoric acid groups is 1. The van der Waals surface area contributed by atoms with Gasteiger partial charge in [0.15, 0.2) is 18.4 Å². The molecule has 0 radical (unpaired) electrons. The fourth-order valence-electron chi connectivity index (χ4n) is 3.21. The molecule has 0 unspecified atom stereocenters. The molecule has 5 atom stereocenters. The molecule has 1 saturated heterocycles. The summed E-state index contributed by atoms with van der Waals surface area (Å²) in [6, 6.07) is 0. The smallest absolute Gasteiger partial charge is 0.456 e. The molecule has 1 fully saturated rings. The Kier molecular flexibility index (Phi) is 19.6. The molecule has 1 rings (SSSR count). The number of esters is 2. The van der Waals surface area contributed by atoms with Crippen molar-refractivity contribution in [3.05, 3.63) is 0 Å². The van der Waals surface area contributed by atoms with Crippen molar-refractivity contribution in [3.8, 4) is 0 Å². The summed E-state index contributed by atoms with van der Waals surface area (Å²) >= 11 is 0. The maximum absolute atomic E-state index is 14.2. The van der Waals surface area contributed by atoms with Crippen LogP contribution < -0.4 is 0 Å². The van der Waals surface area contributed by atoms with Gasteiger partial charge in [0.05, 0.1) is 6.10 Å². The largest absolute Gasteiger partial charge is 0.472 e. The number of ether oxygens (including phenoxy) is 3. The average molecular weight is 533 g/mol. The van der Waals surface area contributed by atoms with Crippen LogP contribution in [0.1, 0.15) is 62.3 Å². The summed E-state index contributed by atoms with van der Waals surface area (Å²) in [5.74, 6) is -1.61. The standard InChI is InChI=1S/C10H16FO9P.2C6H15N/c1-4-8(18-5(2)12)9(19-6(3)13)7(11)10(17-4)20-21(14,15)16;2*1-4-7(5-2)6-3/h4,7-10H,1-3H3,(H2,14,15,16);2*4-6H2,1-3H3/t4-,7-,8+,9-,10+;;/m0../s1. The first-order valence-electron chi connectivity index (χ1n) is 12.0. The van der Waals surface area contributed by atoms with E-state index in [1.807, 2.05) is 0 Å². The highest BCUT2D eigenvalue weighted by Gasteiger charge is 2.51. The molecule has 210 valence electrons. The lowest BCUT2D eigenvalue weighted by atomic mass is 10.0. The number of nitrogens with zero attached hydrogens (tertiary/aromatic N) is 2. The second-order valence-corrected chi connectivity index (χ2v) is 8.83. The highest BCUT2D eigenvalue weighted by molar-refractivity contribution is 7.46. The molecule has 1 aliphatic rings. The third kappa shape index (κ3) is 16.3. The summed E-state index contributed by atoms with van der Waals surface area (Å²) in [5, 5.41) is 0. The zero-order valence-electron chi connectivity index (χ0n) is 22.6. The number of halogens is 1. The topological polar surface area (TPSA) is 135 Å². The van der Waals surface area contributed by atoms with Gasteiger partial charge in [0.2, 0.25) is 6.29 Å². The summed E-state index contributed by atoms with van der Waals surface area (Å²) < 4.78 is 43.7. The van der Waals surface area contributed by atoms with Crippen LogP contribution in [0.3, 0.4) is 0 Å². The molecule has 1 aliphatic heterocycles. The minimum Gasteiger partial charge on any atom is -0.456 e. The zero-order valence-corrected chi connectivity index (χ0v) is 23.5. The van der Waals surface area contributed by atoms with Crippen LogP contribution in [0.2, 0.25) is 0 Å². The van der Waals surface area contributed by atoms with E-state index >= 15 is 0 Å². The van der Waals surface area contributed by atoms with Gasteiger partial charge in [-0.3, -0.25) is 14.1 Å². The lowest BCUT2D eigenvalue weighted by molar-refractivity contribution is -0.264. The Hall–Kier alpha value is -1.14. The Bertz CT molecular complexity index is 607. The second-order valence-electron chi connectivity index (χ2n) is 7.64. The Labute approximate surface area is 209 Å². The van der Waals surface area contributed by atoms with Gasteiger partial charge < -0.3 is 33.8 Å². The first kappa shape index (κ1) is 36.0. The summed E-state index contributed by atoms with van der Waals surface area (Å²) in [5.41, 5.74) is 0. The van der Waals surface area contributed by atoms with Crippen LogP contribution in [0.15, 0.2) is 0 Å². The van der Waals surface area contributed by atoms with Gasteiger partial charge in [-0.05, 0) is 46.2 Å². The second kappa shape index (κ2) is 19.0. The van der Waals surface area contributed by atoms with Gasteiger partial charge in [-0.2, -0.15) is 0 Å². The van der Waals surface area contributed by atoms with Gasteiger partial charge in [0, 0.05) is 13.8 Å². The molecule has 35 heavy (non-hydrogen) atoms. The van der Waals surface area contributed by atoms with Crippen LogP contribution in [0.25, 0.3) is 0 Å². The van der Waals surface area contributed by atoms with E-state index in [0.29, 0.717) is 0 Å². The Morgan fingerprint density at radius 1 is 0.829 bits per heavy atom. The first-order chi connectivity index (χ1) is 16.2. The molecular formula is C22H46FN2O9P. The molecule has 0 saturated carbocycles. The Balaban J connectivity index is 0. The lowest BCUT2D eigenvalue weighted by Crippen LogP contribution is -2.58. The van der Waals surface area contributed by atoms with E-state index in [4.69, 9.17) is 24.0 Å². The zero-order chi connectivity index (χ0) is 27.8. The minimum atomic E-state index is -5.02. The molecule has 0 aromatic heterocycles. The normalized spacial score (nSPS) is 24.1. The fourth-order valence-corrected chi connectivity index (χ4v) is 3.64. The number of carbonyl (C=O) groups is 2. The highest BCUT2D eigenvalue weighted by Crippen LogP contribution is 2.42. The molecule has 13 heteroatoms. The van der Waals surface area contributed by atoms with Crippen molar-refractivity contribution in [1.29, 1.82) is 0 Å². The summed E-state index contributed by atoms with van der Waals surface area (Å²) in [6.45, 7) is 23.7. The molecule has 0 aliphatic carbocycles. The van der Waals surface area contributed by atoms with Crippen molar-refractivity contribution < 1.29 is 47.1 Å². The molecule has 0 spiro atoms. The van der Waals surface area contributed by atoms with Crippen molar-refractivity contribution in [3.63, 3.8) is 0 Å². The van der Waals surface area contributed by atoms with E-state index in [9.17, 15) is 18.5 Å². The molecule has 0 bridgehead atoms. The predicted molar refractivity (Wildman–Crippen MR) is 130 cm³/mol. The third-order valence-corrected chi connectivity index (χ3v) is 5.72. The van der Waals surface area contributed by atoms with Gasteiger partial charge in [0.1, 0.15) is 0 Å². The van der Waals surface area contributed by atoms with Crippen LogP contribution >= 0.6 is 7.82 Å². The summed E-state index contributed by atoms with van der Waals surface area (Å²) in [4.78, 5) is 44.2. The number of hydrogen-bond acceptors (Lipinski definition) is 9. The fraction of sp³-hybridized carbons (Fsp3) is 0.909. The van der Waals surface area contributed by atoms with Gasteiger partial charge in [-0.15, -0.1) is 0 Å². The number of phosphoric ester groups is 1. The van der Waals surface area contributed by atoms with Crippen molar-refractivity contribution >= 4 is 19.8 Å². The molecule has 2 N–H and O–H groups in total. The van der Waals surface area contributed by atoms with Crippen molar-refractivity contribution in [2.45, 2.75) is 93.1 Å². The van der Waals surface area contributed by atoms with E-state index in [2.05, 4.69) is 55.9 Å². The molecule has 0 aromatic carbocycles. The molecule has 0 amide bonds. The minimum absolute atomic E-state index is 0.755. The van der Waals surface area contributed by atoms with Gasteiger partial charge >= 0.3 is 19.8 Å². The van der Waals surface area contributed by atoms with Crippen LogP contribution in [0.4, 0.5) is 4.39 Å². The van der Waals surface area contributed by atoms with Crippen LogP contribution in [-0.2, 0) is 32.9 Å². The van der Waals surface area contributed by atoms with Crippen LogP contribution in [-0.4, -0.2) is 102 Å². The number of hydrogen-bond donors (Lipinski definition) is 2. The Morgan fingerprint density at radius 2 is 1.17 bits per heavy atom. The van der Waals surface area contributed by atoms with E-state index < -0.39 is 50.5 Å². The van der Waals surface area contributed by atoms with Crippen LogP contribution in [0.5, 0.6) is 0 Å². The maximum Gasteiger partial charge on any atom is 0.472 e. The molecule has 11 nitrogen and oxygen atoms in total. The third-order valence-electron chi connectivity index (χ3n) is 5.24. The maximum atomic E-state index is 14.2.